The molecule has 1 aliphatic carbocycles. The van der Waals surface area contributed by atoms with Gasteiger partial charge in [0.2, 0.25) is 0 Å². The Kier molecular flexibility index (Phi) is 2.36. The number of benzene rings is 1. The lowest BCUT2D eigenvalue weighted by Gasteiger charge is -2.05. The van der Waals surface area contributed by atoms with Crippen LogP contribution in [0.2, 0.25) is 0 Å². The SMILES string of the molecule is ClCCc1cccc2c1CCC2. The van der Waals surface area contributed by atoms with Gasteiger partial charge in [-0.25, -0.2) is 0 Å². The third-order valence-corrected chi connectivity index (χ3v) is 2.80. The minimum Gasteiger partial charge on any atom is -0.126 e. The van der Waals surface area contributed by atoms with Crippen LogP contribution in [0.1, 0.15) is 23.1 Å². The van der Waals surface area contributed by atoms with Gasteiger partial charge in [-0.05, 0) is 42.4 Å². The van der Waals surface area contributed by atoms with Gasteiger partial charge >= 0.3 is 0 Å². The molecule has 1 aromatic carbocycles. The van der Waals surface area contributed by atoms with E-state index in [1.807, 2.05) is 0 Å². The van der Waals surface area contributed by atoms with Crippen LogP contribution in [0, 0.1) is 0 Å². The molecule has 0 nitrogen and oxygen atoms in total. The summed E-state index contributed by atoms with van der Waals surface area (Å²) in [4.78, 5) is 0. The fourth-order valence-corrected chi connectivity index (χ4v) is 2.24. The molecule has 0 fully saturated rings. The molecule has 12 heavy (non-hydrogen) atoms. The topological polar surface area (TPSA) is 0 Å². The zero-order valence-corrected chi connectivity index (χ0v) is 7.90. The summed E-state index contributed by atoms with van der Waals surface area (Å²) in [5.41, 5.74) is 4.61. The van der Waals surface area contributed by atoms with Crippen molar-refractivity contribution < 1.29 is 0 Å². The van der Waals surface area contributed by atoms with E-state index in [0.29, 0.717) is 0 Å². The first kappa shape index (κ1) is 8.12. The molecule has 0 unspecified atom stereocenters. The Morgan fingerprint density at radius 1 is 1.25 bits per heavy atom. The van der Waals surface area contributed by atoms with Crippen LogP contribution < -0.4 is 0 Å². The summed E-state index contributed by atoms with van der Waals surface area (Å²) in [7, 11) is 0. The fourth-order valence-electron chi connectivity index (χ4n) is 2.03. The van der Waals surface area contributed by atoms with Crippen molar-refractivity contribution in [3.8, 4) is 0 Å². The molecular formula is C11H13Cl. The molecule has 0 radical (unpaired) electrons. The lowest BCUT2D eigenvalue weighted by Crippen LogP contribution is -1.93. The number of alkyl halides is 1. The van der Waals surface area contributed by atoms with Crippen molar-refractivity contribution in [1.82, 2.24) is 0 Å². The Bertz CT molecular complexity index is 278. The monoisotopic (exact) mass is 180 g/mol. The average molecular weight is 181 g/mol. The predicted molar refractivity (Wildman–Crippen MR) is 52.9 cm³/mol. The Balaban J connectivity index is 2.36. The third-order valence-electron chi connectivity index (χ3n) is 2.61. The van der Waals surface area contributed by atoms with Gasteiger partial charge in [-0.15, -0.1) is 11.6 Å². The Morgan fingerprint density at radius 3 is 3.00 bits per heavy atom. The van der Waals surface area contributed by atoms with Crippen LogP contribution in [-0.2, 0) is 19.3 Å². The fraction of sp³-hybridized carbons (Fsp3) is 0.455. The maximum atomic E-state index is 5.74. The number of halogens is 1. The van der Waals surface area contributed by atoms with Crippen LogP contribution in [-0.4, -0.2) is 5.88 Å². The number of hydrogen-bond acceptors (Lipinski definition) is 0. The molecule has 0 saturated carbocycles. The van der Waals surface area contributed by atoms with E-state index in [2.05, 4.69) is 18.2 Å². The Hall–Kier alpha value is -0.490. The average Bonchev–Trinajstić information content (AvgIpc) is 2.53. The summed E-state index contributed by atoms with van der Waals surface area (Å²) in [6.45, 7) is 0. The van der Waals surface area contributed by atoms with Crippen LogP contribution in [0.3, 0.4) is 0 Å². The molecule has 0 amide bonds. The molecule has 0 spiro atoms. The summed E-state index contributed by atoms with van der Waals surface area (Å²) in [5.74, 6) is 0.746. The lowest BCUT2D eigenvalue weighted by molar-refractivity contribution is 0.905. The first-order chi connectivity index (χ1) is 5.92. The van der Waals surface area contributed by atoms with E-state index in [9.17, 15) is 0 Å². The van der Waals surface area contributed by atoms with Crippen LogP contribution in [0.4, 0.5) is 0 Å². The first-order valence-electron chi connectivity index (χ1n) is 4.57. The maximum Gasteiger partial charge on any atom is 0.0264 e. The lowest BCUT2D eigenvalue weighted by atomic mass is 10.0. The second kappa shape index (κ2) is 3.49. The number of rotatable bonds is 2. The van der Waals surface area contributed by atoms with Crippen molar-refractivity contribution in [2.45, 2.75) is 25.7 Å². The smallest absolute Gasteiger partial charge is 0.0264 e. The highest BCUT2D eigenvalue weighted by Gasteiger charge is 2.12. The van der Waals surface area contributed by atoms with Gasteiger partial charge in [-0.3, -0.25) is 0 Å². The summed E-state index contributed by atoms with van der Waals surface area (Å²) in [5, 5.41) is 0. The highest BCUT2D eigenvalue weighted by molar-refractivity contribution is 6.18. The second-order valence-electron chi connectivity index (χ2n) is 3.35. The highest BCUT2D eigenvalue weighted by atomic mass is 35.5. The standard InChI is InChI=1S/C11H13Cl/c12-8-7-10-4-1-3-9-5-2-6-11(9)10/h1,3-4H,2,5-8H2. The van der Waals surface area contributed by atoms with Gasteiger partial charge in [0.1, 0.15) is 0 Å². The molecule has 0 heterocycles. The second-order valence-corrected chi connectivity index (χ2v) is 3.73. The molecular weight excluding hydrogens is 168 g/mol. The molecule has 1 aliphatic rings. The quantitative estimate of drug-likeness (QED) is 0.614. The van der Waals surface area contributed by atoms with E-state index in [1.54, 1.807) is 11.1 Å². The molecule has 0 bridgehead atoms. The van der Waals surface area contributed by atoms with Crippen molar-refractivity contribution >= 4 is 11.6 Å². The number of hydrogen-bond donors (Lipinski definition) is 0. The summed E-state index contributed by atoms with van der Waals surface area (Å²) in [6, 6.07) is 6.62. The largest absolute Gasteiger partial charge is 0.126 e. The van der Waals surface area contributed by atoms with Crippen molar-refractivity contribution in [2.75, 3.05) is 5.88 Å². The van der Waals surface area contributed by atoms with E-state index in [1.165, 1.54) is 24.8 Å². The first-order valence-corrected chi connectivity index (χ1v) is 5.11. The van der Waals surface area contributed by atoms with Gasteiger partial charge in [-0.1, -0.05) is 18.2 Å². The van der Waals surface area contributed by atoms with Gasteiger partial charge in [0.05, 0.1) is 0 Å². The van der Waals surface area contributed by atoms with Crippen molar-refractivity contribution in [3.63, 3.8) is 0 Å². The summed E-state index contributed by atoms with van der Waals surface area (Å²) >= 11 is 5.74. The maximum absolute atomic E-state index is 5.74. The normalized spacial score (nSPS) is 14.8. The molecule has 0 atom stereocenters. The summed E-state index contributed by atoms with van der Waals surface area (Å²) in [6.07, 6.45) is 4.90. The van der Waals surface area contributed by atoms with Crippen LogP contribution >= 0.6 is 11.6 Å². The van der Waals surface area contributed by atoms with E-state index < -0.39 is 0 Å². The molecule has 1 heteroatoms. The van der Waals surface area contributed by atoms with Gasteiger partial charge in [-0.2, -0.15) is 0 Å². The van der Waals surface area contributed by atoms with E-state index in [0.717, 1.165) is 12.3 Å². The molecule has 2 rings (SSSR count). The van der Waals surface area contributed by atoms with Crippen LogP contribution in [0.15, 0.2) is 18.2 Å². The van der Waals surface area contributed by atoms with Gasteiger partial charge in [0.15, 0.2) is 0 Å². The van der Waals surface area contributed by atoms with E-state index in [-0.39, 0.29) is 0 Å². The van der Waals surface area contributed by atoms with E-state index >= 15 is 0 Å². The highest BCUT2D eigenvalue weighted by Crippen LogP contribution is 2.25. The zero-order valence-electron chi connectivity index (χ0n) is 7.15. The van der Waals surface area contributed by atoms with E-state index in [4.69, 9.17) is 11.6 Å². The van der Waals surface area contributed by atoms with Crippen molar-refractivity contribution in [3.05, 3.63) is 34.9 Å². The molecule has 1 aromatic rings. The van der Waals surface area contributed by atoms with Gasteiger partial charge in [0.25, 0.3) is 0 Å². The summed E-state index contributed by atoms with van der Waals surface area (Å²) < 4.78 is 0. The molecule has 0 aliphatic heterocycles. The van der Waals surface area contributed by atoms with Crippen molar-refractivity contribution in [2.24, 2.45) is 0 Å². The minimum absolute atomic E-state index is 0.746. The number of aryl methyl sites for hydroxylation is 2. The Morgan fingerprint density at radius 2 is 2.17 bits per heavy atom. The molecule has 0 aromatic heterocycles. The van der Waals surface area contributed by atoms with Gasteiger partial charge in [0, 0.05) is 5.88 Å². The van der Waals surface area contributed by atoms with Crippen molar-refractivity contribution in [1.29, 1.82) is 0 Å². The van der Waals surface area contributed by atoms with Gasteiger partial charge < -0.3 is 0 Å². The third kappa shape index (κ3) is 1.36. The molecule has 0 N–H and O–H groups in total. The minimum atomic E-state index is 0.746. The molecule has 0 saturated heterocycles. The predicted octanol–water partition coefficient (Wildman–Crippen LogP) is 2.96. The molecule has 64 valence electrons. The van der Waals surface area contributed by atoms with Crippen LogP contribution in [0.5, 0.6) is 0 Å². The Labute approximate surface area is 78.6 Å². The zero-order chi connectivity index (χ0) is 8.39. The number of fused-ring (bicyclic) bond motifs is 1. The van der Waals surface area contributed by atoms with Crippen LogP contribution in [0.25, 0.3) is 0 Å².